The van der Waals surface area contributed by atoms with Gasteiger partial charge < -0.3 is 15.2 Å². The molecule has 0 atom stereocenters. The highest BCUT2D eigenvalue weighted by molar-refractivity contribution is 5.36. The lowest BCUT2D eigenvalue weighted by Crippen LogP contribution is -2.11. The molecule has 0 saturated heterocycles. The van der Waals surface area contributed by atoms with Gasteiger partial charge in [-0.05, 0) is 55.6 Å². The summed E-state index contributed by atoms with van der Waals surface area (Å²) in [6.45, 7) is 5.79. The van der Waals surface area contributed by atoms with E-state index in [1.807, 2.05) is 31.2 Å². The lowest BCUT2D eigenvalue weighted by molar-refractivity contribution is 0.215. The molecule has 112 valence electrons. The molecule has 0 spiro atoms. The van der Waals surface area contributed by atoms with E-state index >= 15 is 0 Å². The van der Waals surface area contributed by atoms with E-state index in [1.165, 1.54) is 5.56 Å². The molecule has 0 radical (unpaired) electrons. The number of aryl methyl sites for hydroxylation is 2. The van der Waals surface area contributed by atoms with Crippen molar-refractivity contribution in [2.24, 2.45) is 5.73 Å². The zero-order valence-electron chi connectivity index (χ0n) is 12.8. The topological polar surface area (TPSA) is 44.5 Å². The summed E-state index contributed by atoms with van der Waals surface area (Å²) in [6.07, 6.45) is 0.827. The van der Waals surface area contributed by atoms with E-state index in [0.29, 0.717) is 19.8 Å². The zero-order chi connectivity index (χ0) is 15.1. The Morgan fingerprint density at radius 2 is 1.62 bits per heavy atom. The summed E-state index contributed by atoms with van der Waals surface area (Å²) >= 11 is 0. The van der Waals surface area contributed by atoms with Crippen molar-refractivity contribution >= 4 is 0 Å². The molecule has 0 aliphatic carbocycles. The van der Waals surface area contributed by atoms with Gasteiger partial charge in [0.1, 0.15) is 24.7 Å². The van der Waals surface area contributed by atoms with Crippen LogP contribution in [-0.2, 0) is 6.42 Å². The minimum Gasteiger partial charge on any atom is -0.490 e. The molecule has 2 rings (SSSR count). The van der Waals surface area contributed by atoms with Gasteiger partial charge in [-0.25, -0.2) is 0 Å². The first-order valence-electron chi connectivity index (χ1n) is 7.31. The van der Waals surface area contributed by atoms with Gasteiger partial charge >= 0.3 is 0 Å². The van der Waals surface area contributed by atoms with Crippen LogP contribution in [0.25, 0.3) is 0 Å². The van der Waals surface area contributed by atoms with E-state index in [2.05, 4.69) is 25.1 Å². The molecule has 0 aliphatic heterocycles. The van der Waals surface area contributed by atoms with E-state index in [9.17, 15) is 0 Å². The van der Waals surface area contributed by atoms with Gasteiger partial charge in [-0.3, -0.25) is 0 Å². The highest BCUT2D eigenvalue weighted by Crippen LogP contribution is 2.20. The van der Waals surface area contributed by atoms with Gasteiger partial charge in [0, 0.05) is 0 Å². The first kappa shape index (κ1) is 15.4. The highest BCUT2D eigenvalue weighted by Gasteiger charge is 2.03. The molecule has 0 bridgehead atoms. The summed E-state index contributed by atoms with van der Waals surface area (Å²) < 4.78 is 11.6. The molecule has 0 aromatic heterocycles. The molecule has 0 saturated carbocycles. The lowest BCUT2D eigenvalue weighted by Gasteiger charge is -2.13. The Bertz CT molecular complexity index is 581. The third-order valence-corrected chi connectivity index (χ3v) is 3.33. The van der Waals surface area contributed by atoms with E-state index in [4.69, 9.17) is 15.2 Å². The Hall–Kier alpha value is -2.00. The Morgan fingerprint density at radius 3 is 2.38 bits per heavy atom. The fourth-order valence-electron chi connectivity index (χ4n) is 2.17. The Balaban J connectivity index is 1.86. The molecule has 2 N–H and O–H groups in total. The van der Waals surface area contributed by atoms with Crippen LogP contribution in [0.2, 0.25) is 0 Å². The van der Waals surface area contributed by atoms with Gasteiger partial charge in [-0.1, -0.05) is 30.3 Å². The fourth-order valence-corrected chi connectivity index (χ4v) is 2.17. The number of rotatable bonds is 7. The van der Waals surface area contributed by atoms with Gasteiger partial charge in [-0.15, -0.1) is 0 Å². The monoisotopic (exact) mass is 285 g/mol. The molecule has 0 unspecified atom stereocenters. The van der Waals surface area contributed by atoms with Gasteiger partial charge in [0.25, 0.3) is 0 Å². The average molecular weight is 285 g/mol. The number of hydrogen-bond donors (Lipinski definition) is 1. The molecule has 2 aromatic rings. The molecule has 3 heteroatoms. The normalized spacial score (nSPS) is 10.4. The quantitative estimate of drug-likeness (QED) is 0.794. The van der Waals surface area contributed by atoms with Crippen molar-refractivity contribution in [3.63, 3.8) is 0 Å². The average Bonchev–Trinajstić information content (AvgIpc) is 2.49. The molecule has 0 heterocycles. The molecule has 0 fully saturated rings. The van der Waals surface area contributed by atoms with Crippen LogP contribution in [0.4, 0.5) is 0 Å². The van der Waals surface area contributed by atoms with Crippen LogP contribution in [0.1, 0.15) is 16.7 Å². The summed E-state index contributed by atoms with van der Waals surface area (Å²) in [5.41, 5.74) is 9.10. The van der Waals surface area contributed by atoms with Crippen LogP contribution >= 0.6 is 0 Å². The van der Waals surface area contributed by atoms with Crippen molar-refractivity contribution in [1.82, 2.24) is 0 Å². The Labute approximate surface area is 126 Å². The minimum absolute atomic E-state index is 0.523. The summed E-state index contributed by atoms with van der Waals surface area (Å²) in [5.74, 6) is 1.82. The number of hydrogen-bond acceptors (Lipinski definition) is 3. The third-order valence-electron chi connectivity index (χ3n) is 3.33. The maximum Gasteiger partial charge on any atom is 0.122 e. The van der Waals surface area contributed by atoms with Crippen LogP contribution in [-0.4, -0.2) is 19.8 Å². The van der Waals surface area contributed by atoms with E-state index in [1.54, 1.807) is 0 Å². The van der Waals surface area contributed by atoms with Gasteiger partial charge in [-0.2, -0.15) is 0 Å². The van der Waals surface area contributed by atoms with Crippen molar-refractivity contribution in [1.29, 1.82) is 0 Å². The van der Waals surface area contributed by atoms with Crippen molar-refractivity contribution in [3.8, 4) is 11.5 Å². The van der Waals surface area contributed by atoms with E-state index in [-0.39, 0.29) is 0 Å². The molecular formula is C18H23NO2. The first-order valence-corrected chi connectivity index (χ1v) is 7.31. The summed E-state index contributed by atoms with van der Waals surface area (Å²) in [6, 6.07) is 14.2. The van der Waals surface area contributed by atoms with Crippen LogP contribution in [0.5, 0.6) is 11.5 Å². The Kier molecular flexibility index (Phi) is 5.64. The zero-order valence-corrected chi connectivity index (χ0v) is 12.8. The standard InChI is InChI=1S/C18H23NO2/c1-14-7-8-15(2)18(13-14)21-12-11-20-17-6-4-3-5-16(17)9-10-19/h3-8,13H,9-12,19H2,1-2H3. The number of nitrogens with two attached hydrogens (primary N) is 1. The third kappa shape index (κ3) is 4.50. The number of benzene rings is 2. The molecule has 2 aromatic carbocycles. The van der Waals surface area contributed by atoms with Gasteiger partial charge in [0.05, 0.1) is 0 Å². The second kappa shape index (κ2) is 7.70. The molecule has 0 aliphatic rings. The Morgan fingerprint density at radius 1 is 0.905 bits per heavy atom. The van der Waals surface area contributed by atoms with E-state index < -0.39 is 0 Å². The van der Waals surface area contributed by atoms with Crippen molar-refractivity contribution in [2.75, 3.05) is 19.8 Å². The van der Waals surface area contributed by atoms with E-state index in [0.717, 1.165) is 29.0 Å². The number of para-hydroxylation sites is 1. The van der Waals surface area contributed by atoms with Crippen molar-refractivity contribution in [2.45, 2.75) is 20.3 Å². The van der Waals surface area contributed by atoms with Crippen LogP contribution in [0.15, 0.2) is 42.5 Å². The number of ether oxygens (including phenoxy) is 2. The molecular weight excluding hydrogens is 262 g/mol. The second-order valence-corrected chi connectivity index (χ2v) is 5.11. The van der Waals surface area contributed by atoms with Gasteiger partial charge in [0.2, 0.25) is 0 Å². The first-order chi connectivity index (χ1) is 10.2. The summed E-state index contributed by atoms with van der Waals surface area (Å²) in [7, 11) is 0. The molecule has 21 heavy (non-hydrogen) atoms. The minimum atomic E-state index is 0.523. The second-order valence-electron chi connectivity index (χ2n) is 5.11. The SMILES string of the molecule is Cc1ccc(C)c(OCCOc2ccccc2CCN)c1. The predicted octanol–water partition coefficient (Wildman–Crippen LogP) is 3.26. The summed E-state index contributed by atoms with van der Waals surface area (Å²) in [4.78, 5) is 0. The predicted molar refractivity (Wildman–Crippen MR) is 86.1 cm³/mol. The lowest BCUT2D eigenvalue weighted by atomic mass is 10.1. The maximum atomic E-state index is 5.80. The van der Waals surface area contributed by atoms with Crippen molar-refractivity contribution < 1.29 is 9.47 Å². The molecule has 0 amide bonds. The van der Waals surface area contributed by atoms with Crippen LogP contribution in [0.3, 0.4) is 0 Å². The maximum absolute atomic E-state index is 5.80. The van der Waals surface area contributed by atoms with Crippen LogP contribution < -0.4 is 15.2 Å². The van der Waals surface area contributed by atoms with Crippen molar-refractivity contribution in [3.05, 3.63) is 59.2 Å². The molecule has 3 nitrogen and oxygen atoms in total. The largest absolute Gasteiger partial charge is 0.490 e. The van der Waals surface area contributed by atoms with Gasteiger partial charge in [0.15, 0.2) is 0 Å². The fraction of sp³-hybridized carbons (Fsp3) is 0.333. The highest BCUT2D eigenvalue weighted by atomic mass is 16.5. The van der Waals surface area contributed by atoms with Crippen LogP contribution in [0, 0.1) is 13.8 Å². The smallest absolute Gasteiger partial charge is 0.122 e. The summed E-state index contributed by atoms with van der Waals surface area (Å²) in [5, 5.41) is 0.